The van der Waals surface area contributed by atoms with Gasteiger partial charge in [-0.2, -0.15) is 0 Å². The number of carboxylic acids is 1. The fourth-order valence-corrected chi connectivity index (χ4v) is 2.88. The molecule has 1 aliphatic carbocycles. The highest BCUT2D eigenvalue weighted by atomic mass is 16.5. The van der Waals surface area contributed by atoms with Gasteiger partial charge in [0.2, 0.25) is 5.91 Å². The van der Waals surface area contributed by atoms with Crippen LogP contribution in [-0.4, -0.2) is 46.2 Å². The maximum absolute atomic E-state index is 12.4. The van der Waals surface area contributed by atoms with Crippen molar-refractivity contribution in [2.75, 3.05) is 13.1 Å². The number of ether oxygens (including phenoxy) is 1. The number of nitrogens with zero attached hydrogens (tertiary/aromatic N) is 1. The molecule has 18 heavy (non-hydrogen) atoms. The SMILES string of the molecule is CC1(C)CN(C(=O)C2(C(=O)O)CC2)CC(C)(C)O1. The molecule has 102 valence electrons. The van der Waals surface area contributed by atoms with E-state index in [1.807, 2.05) is 27.7 Å². The molecule has 1 saturated heterocycles. The molecule has 0 radical (unpaired) electrons. The lowest BCUT2D eigenvalue weighted by Gasteiger charge is -2.47. The lowest BCUT2D eigenvalue weighted by Crippen LogP contribution is -2.60. The molecule has 2 fully saturated rings. The molecule has 5 nitrogen and oxygen atoms in total. The molecular formula is C13H21NO4. The molecule has 1 aliphatic heterocycles. The molecule has 1 amide bonds. The number of hydrogen-bond acceptors (Lipinski definition) is 3. The lowest BCUT2D eigenvalue weighted by atomic mass is 9.96. The Morgan fingerprint density at radius 1 is 1.06 bits per heavy atom. The average Bonchev–Trinajstić information content (AvgIpc) is 2.91. The standard InChI is InChI=1S/C13H21NO4/c1-11(2)7-14(8-12(3,4)18-11)9(15)13(5-6-13)10(16)17/h5-8H2,1-4H3,(H,16,17). The highest BCUT2D eigenvalue weighted by molar-refractivity contribution is 6.04. The fourth-order valence-electron chi connectivity index (χ4n) is 2.88. The molecule has 5 heteroatoms. The van der Waals surface area contributed by atoms with Crippen molar-refractivity contribution >= 4 is 11.9 Å². The van der Waals surface area contributed by atoms with Crippen molar-refractivity contribution in [3.63, 3.8) is 0 Å². The largest absolute Gasteiger partial charge is 0.480 e. The Balaban J connectivity index is 2.19. The van der Waals surface area contributed by atoms with Gasteiger partial charge < -0.3 is 14.7 Å². The first-order valence-electron chi connectivity index (χ1n) is 6.31. The summed E-state index contributed by atoms with van der Waals surface area (Å²) in [6, 6.07) is 0. The van der Waals surface area contributed by atoms with Crippen molar-refractivity contribution in [1.29, 1.82) is 0 Å². The van der Waals surface area contributed by atoms with Crippen molar-refractivity contribution < 1.29 is 19.4 Å². The highest BCUT2D eigenvalue weighted by Gasteiger charge is 2.59. The van der Waals surface area contributed by atoms with Crippen LogP contribution in [0.2, 0.25) is 0 Å². The van der Waals surface area contributed by atoms with Crippen LogP contribution in [-0.2, 0) is 14.3 Å². The monoisotopic (exact) mass is 255 g/mol. The Labute approximate surface area is 107 Å². The van der Waals surface area contributed by atoms with Crippen molar-refractivity contribution in [3.05, 3.63) is 0 Å². The Hall–Kier alpha value is -1.10. The third-order valence-electron chi connectivity index (χ3n) is 3.55. The minimum absolute atomic E-state index is 0.251. The summed E-state index contributed by atoms with van der Waals surface area (Å²) in [5.41, 5.74) is -2.03. The molecule has 0 atom stereocenters. The molecule has 0 unspecified atom stereocenters. The summed E-state index contributed by atoms with van der Waals surface area (Å²) in [6.07, 6.45) is 0.915. The Bertz CT molecular complexity index is 380. The zero-order valence-corrected chi connectivity index (χ0v) is 11.4. The van der Waals surface area contributed by atoms with E-state index >= 15 is 0 Å². The molecule has 1 heterocycles. The van der Waals surface area contributed by atoms with Gasteiger partial charge in [-0.15, -0.1) is 0 Å². The molecule has 1 saturated carbocycles. The van der Waals surface area contributed by atoms with Gasteiger partial charge in [0.1, 0.15) is 5.41 Å². The summed E-state index contributed by atoms with van der Waals surface area (Å²) >= 11 is 0. The number of rotatable bonds is 2. The van der Waals surface area contributed by atoms with Crippen LogP contribution in [0.5, 0.6) is 0 Å². The number of amides is 1. The first kappa shape index (κ1) is 13.3. The van der Waals surface area contributed by atoms with Crippen LogP contribution in [0.4, 0.5) is 0 Å². The number of aliphatic carboxylic acids is 1. The molecular weight excluding hydrogens is 234 g/mol. The van der Waals surface area contributed by atoms with E-state index in [2.05, 4.69) is 0 Å². The minimum Gasteiger partial charge on any atom is -0.480 e. The Kier molecular flexibility index (Phi) is 2.74. The molecule has 0 aromatic heterocycles. The maximum Gasteiger partial charge on any atom is 0.319 e. The second-order valence-electron chi connectivity index (χ2n) is 6.67. The van der Waals surface area contributed by atoms with Gasteiger partial charge in [-0.3, -0.25) is 9.59 Å². The Morgan fingerprint density at radius 2 is 1.50 bits per heavy atom. The van der Waals surface area contributed by atoms with Gasteiger partial charge in [0.25, 0.3) is 0 Å². The lowest BCUT2D eigenvalue weighted by molar-refractivity contribution is -0.192. The van der Waals surface area contributed by atoms with Crippen molar-refractivity contribution in [2.45, 2.75) is 51.7 Å². The second-order valence-corrected chi connectivity index (χ2v) is 6.67. The predicted molar refractivity (Wildman–Crippen MR) is 65.1 cm³/mol. The van der Waals surface area contributed by atoms with Crippen molar-refractivity contribution in [1.82, 2.24) is 4.90 Å². The number of hydrogen-bond donors (Lipinski definition) is 1. The molecule has 0 bridgehead atoms. The third-order valence-corrected chi connectivity index (χ3v) is 3.55. The number of carboxylic acid groups (broad SMARTS) is 1. The zero-order valence-electron chi connectivity index (χ0n) is 11.4. The van der Waals surface area contributed by atoms with Crippen LogP contribution in [0.1, 0.15) is 40.5 Å². The molecule has 2 rings (SSSR count). The van der Waals surface area contributed by atoms with Crippen LogP contribution in [0.15, 0.2) is 0 Å². The highest BCUT2D eigenvalue weighted by Crippen LogP contribution is 2.48. The van der Waals surface area contributed by atoms with Gasteiger partial charge in [0.15, 0.2) is 0 Å². The van der Waals surface area contributed by atoms with E-state index in [1.165, 1.54) is 0 Å². The maximum atomic E-state index is 12.4. The first-order chi connectivity index (χ1) is 8.08. The summed E-state index contributed by atoms with van der Waals surface area (Å²) in [5, 5.41) is 9.19. The van der Waals surface area contributed by atoms with E-state index in [0.717, 1.165) is 0 Å². The normalized spacial score (nSPS) is 27.7. The first-order valence-corrected chi connectivity index (χ1v) is 6.31. The smallest absolute Gasteiger partial charge is 0.319 e. The molecule has 2 aliphatic rings. The van der Waals surface area contributed by atoms with Gasteiger partial charge >= 0.3 is 5.97 Å². The summed E-state index contributed by atoms with van der Waals surface area (Å²) < 4.78 is 5.89. The van der Waals surface area contributed by atoms with Crippen LogP contribution in [0.25, 0.3) is 0 Å². The van der Waals surface area contributed by atoms with Crippen LogP contribution in [0, 0.1) is 5.41 Å². The molecule has 0 spiro atoms. The van der Waals surface area contributed by atoms with E-state index in [0.29, 0.717) is 25.9 Å². The van der Waals surface area contributed by atoms with Crippen LogP contribution in [0.3, 0.4) is 0 Å². The quantitative estimate of drug-likeness (QED) is 0.754. The summed E-state index contributed by atoms with van der Waals surface area (Å²) in [4.78, 5) is 25.3. The van der Waals surface area contributed by atoms with Gasteiger partial charge in [-0.1, -0.05) is 0 Å². The van der Waals surface area contributed by atoms with Gasteiger partial charge in [-0.05, 0) is 40.5 Å². The topological polar surface area (TPSA) is 66.8 Å². The van der Waals surface area contributed by atoms with Crippen LogP contribution >= 0.6 is 0 Å². The average molecular weight is 255 g/mol. The summed E-state index contributed by atoms with van der Waals surface area (Å²) in [7, 11) is 0. The summed E-state index contributed by atoms with van der Waals surface area (Å²) in [5.74, 6) is -1.24. The third kappa shape index (κ3) is 2.23. The summed E-state index contributed by atoms with van der Waals surface area (Å²) in [6.45, 7) is 8.60. The van der Waals surface area contributed by atoms with E-state index in [-0.39, 0.29) is 5.91 Å². The van der Waals surface area contributed by atoms with Gasteiger partial charge in [-0.25, -0.2) is 0 Å². The number of morpholine rings is 1. The van der Waals surface area contributed by atoms with Gasteiger partial charge in [0.05, 0.1) is 11.2 Å². The van der Waals surface area contributed by atoms with E-state index in [9.17, 15) is 14.7 Å². The Morgan fingerprint density at radius 3 is 1.83 bits per heavy atom. The van der Waals surface area contributed by atoms with E-state index in [4.69, 9.17) is 4.74 Å². The van der Waals surface area contributed by atoms with Crippen molar-refractivity contribution in [3.8, 4) is 0 Å². The van der Waals surface area contributed by atoms with E-state index < -0.39 is 22.6 Å². The number of carbonyl (C=O) groups excluding carboxylic acids is 1. The minimum atomic E-state index is -1.15. The number of carbonyl (C=O) groups is 2. The molecule has 0 aromatic carbocycles. The van der Waals surface area contributed by atoms with E-state index in [1.54, 1.807) is 4.90 Å². The zero-order chi connectivity index (χ0) is 13.8. The van der Waals surface area contributed by atoms with Crippen molar-refractivity contribution in [2.24, 2.45) is 5.41 Å². The van der Waals surface area contributed by atoms with Crippen LogP contribution < -0.4 is 0 Å². The molecule has 1 N–H and O–H groups in total. The predicted octanol–water partition coefficient (Wildman–Crippen LogP) is 1.27. The second kappa shape index (κ2) is 3.70. The fraction of sp³-hybridized carbons (Fsp3) is 0.846. The molecule has 0 aromatic rings. The van der Waals surface area contributed by atoms with Gasteiger partial charge in [0, 0.05) is 13.1 Å².